The van der Waals surface area contributed by atoms with Crippen LogP contribution in [0.4, 0.5) is 0 Å². The fourth-order valence-corrected chi connectivity index (χ4v) is 1.95. The summed E-state index contributed by atoms with van der Waals surface area (Å²) >= 11 is 11.9. The second kappa shape index (κ2) is 5.64. The van der Waals surface area contributed by atoms with Gasteiger partial charge in [-0.1, -0.05) is 23.2 Å². The zero-order chi connectivity index (χ0) is 14.9. The quantitative estimate of drug-likeness (QED) is 0.671. The van der Waals surface area contributed by atoms with Crippen molar-refractivity contribution >= 4 is 29.0 Å². The molecule has 1 aromatic carbocycles. The van der Waals surface area contributed by atoms with E-state index in [4.69, 9.17) is 39.1 Å². The Labute approximate surface area is 126 Å². The molecular formula is C13H12Cl2N4O. The van der Waals surface area contributed by atoms with Gasteiger partial charge in [-0.05, 0) is 31.5 Å². The average molecular weight is 311 g/mol. The average Bonchev–Trinajstić information content (AvgIpc) is 2.38. The molecule has 0 saturated heterocycles. The molecule has 2 rings (SSSR count). The van der Waals surface area contributed by atoms with Crippen molar-refractivity contribution in [2.75, 3.05) is 0 Å². The van der Waals surface area contributed by atoms with Crippen LogP contribution >= 0.6 is 23.2 Å². The fourth-order valence-electron chi connectivity index (χ4n) is 1.63. The number of benzene rings is 1. The topological polar surface area (TPSA) is 84.9 Å². The first-order valence-electron chi connectivity index (χ1n) is 5.71. The summed E-state index contributed by atoms with van der Waals surface area (Å²) in [6.07, 6.45) is 0. The third kappa shape index (κ3) is 2.84. The van der Waals surface area contributed by atoms with E-state index < -0.39 is 0 Å². The van der Waals surface area contributed by atoms with Crippen LogP contribution in [0.5, 0.6) is 11.6 Å². The van der Waals surface area contributed by atoms with Crippen molar-refractivity contribution < 1.29 is 4.74 Å². The molecule has 0 radical (unpaired) electrons. The number of hydrogen-bond donors (Lipinski definition) is 2. The maximum absolute atomic E-state index is 7.65. The molecule has 7 heteroatoms. The van der Waals surface area contributed by atoms with Crippen LogP contribution in [-0.2, 0) is 0 Å². The highest BCUT2D eigenvalue weighted by molar-refractivity contribution is 6.34. The van der Waals surface area contributed by atoms with Gasteiger partial charge in [-0.25, -0.2) is 0 Å². The summed E-state index contributed by atoms with van der Waals surface area (Å²) in [6, 6.07) is 4.82. The molecule has 0 atom stereocenters. The van der Waals surface area contributed by atoms with E-state index in [2.05, 4.69) is 10.2 Å². The van der Waals surface area contributed by atoms with Gasteiger partial charge in [0.25, 0.3) is 0 Å². The van der Waals surface area contributed by atoms with Crippen molar-refractivity contribution in [2.45, 2.75) is 13.8 Å². The third-order valence-electron chi connectivity index (χ3n) is 2.79. The molecule has 5 nitrogen and oxygen atoms in total. The summed E-state index contributed by atoms with van der Waals surface area (Å²) < 4.78 is 5.61. The number of ether oxygens (including phenoxy) is 1. The zero-order valence-corrected chi connectivity index (χ0v) is 12.4. The first-order valence-corrected chi connectivity index (χ1v) is 6.47. The van der Waals surface area contributed by atoms with Gasteiger partial charge in [0, 0.05) is 11.1 Å². The second-order valence-electron chi connectivity index (χ2n) is 4.18. The molecule has 0 fully saturated rings. The van der Waals surface area contributed by atoms with Crippen LogP contribution in [0.15, 0.2) is 18.2 Å². The molecule has 0 bridgehead atoms. The molecule has 3 N–H and O–H groups in total. The predicted molar refractivity (Wildman–Crippen MR) is 79.1 cm³/mol. The standard InChI is InChI=1S/C13H12Cl2N4O/c1-6-7(2)18-19-13(11(6)12(16)17)20-10-5-8(14)3-4-9(10)15/h3-5H,1-2H3,(H3,16,17). The Kier molecular flexibility index (Phi) is 4.11. The molecule has 0 aliphatic rings. The van der Waals surface area contributed by atoms with Crippen molar-refractivity contribution in [3.05, 3.63) is 45.1 Å². The number of nitrogens with two attached hydrogens (primary N) is 1. The maximum atomic E-state index is 7.65. The Morgan fingerprint density at radius 3 is 2.60 bits per heavy atom. The molecule has 1 heterocycles. The van der Waals surface area contributed by atoms with Gasteiger partial charge in [0.2, 0.25) is 5.88 Å². The van der Waals surface area contributed by atoms with Gasteiger partial charge in [0.05, 0.1) is 16.3 Å². The number of nitrogen functional groups attached to an aromatic ring is 1. The van der Waals surface area contributed by atoms with Crippen molar-refractivity contribution in [1.29, 1.82) is 5.41 Å². The lowest BCUT2D eigenvalue weighted by molar-refractivity contribution is 0.452. The minimum Gasteiger partial charge on any atom is -0.435 e. The lowest BCUT2D eigenvalue weighted by Gasteiger charge is -2.13. The highest BCUT2D eigenvalue weighted by Crippen LogP contribution is 2.33. The van der Waals surface area contributed by atoms with Gasteiger partial charge >= 0.3 is 0 Å². The Morgan fingerprint density at radius 2 is 1.95 bits per heavy atom. The number of aryl methyl sites for hydroxylation is 1. The van der Waals surface area contributed by atoms with Crippen LogP contribution in [0, 0.1) is 19.3 Å². The summed E-state index contributed by atoms with van der Waals surface area (Å²) in [5.74, 6) is 0.317. The lowest BCUT2D eigenvalue weighted by Crippen LogP contribution is -2.16. The molecular weight excluding hydrogens is 299 g/mol. The van der Waals surface area contributed by atoms with Gasteiger partial charge in [-0.15, -0.1) is 5.10 Å². The van der Waals surface area contributed by atoms with Crippen molar-refractivity contribution in [3.63, 3.8) is 0 Å². The van der Waals surface area contributed by atoms with Crippen LogP contribution < -0.4 is 10.5 Å². The largest absolute Gasteiger partial charge is 0.435 e. The molecule has 0 unspecified atom stereocenters. The van der Waals surface area contributed by atoms with Crippen LogP contribution in [0.3, 0.4) is 0 Å². The highest BCUT2D eigenvalue weighted by atomic mass is 35.5. The van der Waals surface area contributed by atoms with Gasteiger partial charge in [0.15, 0.2) is 0 Å². The molecule has 2 aromatic rings. The fraction of sp³-hybridized carbons (Fsp3) is 0.154. The van der Waals surface area contributed by atoms with E-state index in [9.17, 15) is 0 Å². The molecule has 1 aromatic heterocycles. The van der Waals surface area contributed by atoms with E-state index in [1.54, 1.807) is 32.0 Å². The van der Waals surface area contributed by atoms with Gasteiger partial charge < -0.3 is 10.5 Å². The smallest absolute Gasteiger partial charge is 0.250 e. The third-order valence-corrected chi connectivity index (χ3v) is 3.34. The molecule has 0 saturated carbocycles. The Hall–Kier alpha value is -1.85. The van der Waals surface area contributed by atoms with Crippen molar-refractivity contribution in [3.8, 4) is 11.6 Å². The summed E-state index contributed by atoms with van der Waals surface area (Å²) in [5, 5.41) is 16.4. The minimum atomic E-state index is -0.145. The maximum Gasteiger partial charge on any atom is 0.250 e. The van der Waals surface area contributed by atoms with Crippen LogP contribution in [0.2, 0.25) is 10.0 Å². The van der Waals surface area contributed by atoms with E-state index in [0.717, 1.165) is 5.56 Å². The number of nitrogens with one attached hydrogen (secondary N) is 1. The number of amidine groups is 1. The first-order chi connectivity index (χ1) is 9.40. The van der Waals surface area contributed by atoms with Crippen molar-refractivity contribution in [2.24, 2.45) is 5.73 Å². The number of nitrogens with zero attached hydrogens (tertiary/aromatic N) is 2. The second-order valence-corrected chi connectivity index (χ2v) is 5.02. The monoisotopic (exact) mass is 310 g/mol. The van der Waals surface area contributed by atoms with E-state index in [-0.39, 0.29) is 11.7 Å². The van der Waals surface area contributed by atoms with E-state index in [0.29, 0.717) is 27.1 Å². The summed E-state index contributed by atoms with van der Waals surface area (Å²) in [6.45, 7) is 3.58. The van der Waals surface area contributed by atoms with Crippen LogP contribution in [0.25, 0.3) is 0 Å². The van der Waals surface area contributed by atoms with E-state index >= 15 is 0 Å². The number of rotatable bonds is 3. The molecule has 0 amide bonds. The first kappa shape index (κ1) is 14.6. The Balaban J connectivity index is 2.51. The van der Waals surface area contributed by atoms with Crippen molar-refractivity contribution in [1.82, 2.24) is 10.2 Å². The van der Waals surface area contributed by atoms with E-state index in [1.165, 1.54) is 0 Å². The number of halogens is 2. The highest BCUT2D eigenvalue weighted by Gasteiger charge is 2.17. The van der Waals surface area contributed by atoms with Gasteiger partial charge in [-0.2, -0.15) is 5.10 Å². The van der Waals surface area contributed by atoms with Crippen LogP contribution in [0.1, 0.15) is 16.8 Å². The Morgan fingerprint density at radius 1 is 1.25 bits per heavy atom. The summed E-state index contributed by atoms with van der Waals surface area (Å²) in [7, 11) is 0. The molecule has 0 spiro atoms. The molecule has 0 aliphatic carbocycles. The van der Waals surface area contributed by atoms with Crippen LogP contribution in [-0.4, -0.2) is 16.0 Å². The minimum absolute atomic E-state index is 0.129. The zero-order valence-electron chi connectivity index (χ0n) is 10.9. The number of hydrogen-bond acceptors (Lipinski definition) is 4. The Bertz CT molecular complexity index is 688. The molecule has 104 valence electrons. The van der Waals surface area contributed by atoms with Gasteiger partial charge in [-0.3, -0.25) is 5.41 Å². The van der Waals surface area contributed by atoms with E-state index in [1.807, 2.05) is 0 Å². The normalized spacial score (nSPS) is 10.4. The lowest BCUT2D eigenvalue weighted by atomic mass is 10.1. The molecule has 20 heavy (non-hydrogen) atoms. The van der Waals surface area contributed by atoms with Gasteiger partial charge in [0.1, 0.15) is 11.6 Å². The SMILES string of the molecule is Cc1nnc(Oc2cc(Cl)ccc2Cl)c(C(=N)N)c1C. The number of aromatic nitrogens is 2. The summed E-state index contributed by atoms with van der Waals surface area (Å²) in [4.78, 5) is 0. The summed E-state index contributed by atoms with van der Waals surface area (Å²) in [5.41, 5.74) is 7.40. The molecule has 0 aliphatic heterocycles. The predicted octanol–water partition coefficient (Wildman–Crippen LogP) is 3.48.